The number of ether oxygens (including phenoxy) is 3. The lowest BCUT2D eigenvalue weighted by molar-refractivity contribution is -0.384. The van der Waals surface area contributed by atoms with Crippen molar-refractivity contribution in [2.45, 2.75) is 19.1 Å². The first-order valence-electron chi connectivity index (χ1n) is 12.1. The molecule has 4 aromatic rings. The molecular weight excluding hydrogens is 500 g/mol. The molecule has 0 spiro atoms. The van der Waals surface area contributed by atoms with Gasteiger partial charge in [0.05, 0.1) is 12.0 Å². The Bertz CT molecular complexity index is 1420. The third kappa shape index (κ3) is 7.42. The molecule has 0 aliphatic rings. The Kier molecular flexibility index (Phi) is 8.87. The Morgan fingerprint density at radius 3 is 2.18 bits per heavy atom. The zero-order valence-corrected chi connectivity index (χ0v) is 21.1. The van der Waals surface area contributed by atoms with E-state index in [1.165, 1.54) is 31.4 Å². The molecule has 1 atom stereocenters. The highest BCUT2D eigenvalue weighted by Crippen LogP contribution is 2.31. The summed E-state index contributed by atoms with van der Waals surface area (Å²) in [6.45, 7) is 0.443. The maximum Gasteiger partial charge on any atom is 0.413 e. The van der Waals surface area contributed by atoms with E-state index in [2.05, 4.69) is 5.32 Å². The Balaban J connectivity index is 1.41. The Morgan fingerprint density at radius 2 is 1.51 bits per heavy atom. The summed E-state index contributed by atoms with van der Waals surface area (Å²) in [5, 5.41) is 13.3. The number of esters is 1. The fraction of sp³-hybridized carbons (Fsp3) is 0.133. The third-order valence-electron chi connectivity index (χ3n) is 5.86. The number of hydrogen-bond acceptors (Lipinski definition) is 7. The molecule has 4 aromatic carbocycles. The number of nitrogens with one attached hydrogen (secondary N) is 1. The molecule has 9 heteroatoms. The van der Waals surface area contributed by atoms with Crippen LogP contribution < -0.4 is 14.8 Å². The van der Waals surface area contributed by atoms with Gasteiger partial charge in [0.15, 0.2) is 0 Å². The summed E-state index contributed by atoms with van der Waals surface area (Å²) < 4.78 is 16.1. The number of para-hydroxylation sites is 1. The first-order chi connectivity index (χ1) is 18.9. The van der Waals surface area contributed by atoms with Gasteiger partial charge in [-0.15, -0.1) is 0 Å². The van der Waals surface area contributed by atoms with Crippen LogP contribution in [0.2, 0.25) is 0 Å². The minimum absolute atomic E-state index is 0.0965. The maximum atomic E-state index is 12.4. The zero-order chi connectivity index (χ0) is 27.6. The quantitative estimate of drug-likeness (QED) is 0.160. The number of nitro groups is 1. The van der Waals surface area contributed by atoms with Gasteiger partial charge in [-0.25, -0.2) is 9.59 Å². The number of amides is 1. The molecule has 0 saturated carbocycles. The van der Waals surface area contributed by atoms with E-state index in [4.69, 9.17) is 14.2 Å². The highest BCUT2D eigenvalue weighted by atomic mass is 16.6. The average Bonchev–Trinajstić information content (AvgIpc) is 2.96. The van der Waals surface area contributed by atoms with E-state index in [9.17, 15) is 19.7 Å². The summed E-state index contributed by atoms with van der Waals surface area (Å²) in [5.41, 5.74) is 3.57. The van der Waals surface area contributed by atoms with Crippen LogP contribution in [0.25, 0.3) is 11.1 Å². The molecule has 0 radical (unpaired) electrons. The van der Waals surface area contributed by atoms with Crippen LogP contribution >= 0.6 is 0 Å². The van der Waals surface area contributed by atoms with Crippen molar-refractivity contribution in [2.75, 3.05) is 7.11 Å². The van der Waals surface area contributed by atoms with Crippen molar-refractivity contribution in [2.24, 2.45) is 0 Å². The van der Waals surface area contributed by atoms with Gasteiger partial charge in [-0.2, -0.15) is 0 Å². The third-order valence-corrected chi connectivity index (χ3v) is 5.86. The molecule has 9 nitrogen and oxygen atoms in total. The van der Waals surface area contributed by atoms with Gasteiger partial charge in [0.2, 0.25) is 0 Å². The molecule has 1 N–H and O–H groups in total. The number of carbonyl (C=O) groups excluding carboxylic acids is 2. The number of non-ortho nitro benzene ring substituents is 1. The van der Waals surface area contributed by atoms with E-state index in [0.717, 1.165) is 28.0 Å². The summed E-state index contributed by atoms with van der Waals surface area (Å²) in [7, 11) is 1.23. The normalized spacial score (nSPS) is 11.2. The van der Waals surface area contributed by atoms with Crippen LogP contribution in [0.15, 0.2) is 103 Å². The van der Waals surface area contributed by atoms with Crippen LogP contribution in [0.3, 0.4) is 0 Å². The maximum absolute atomic E-state index is 12.4. The monoisotopic (exact) mass is 526 g/mol. The number of hydrogen-bond donors (Lipinski definition) is 1. The lowest BCUT2D eigenvalue weighted by atomic mass is 10.00. The van der Waals surface area contributed by atoms with Crippen molar-refractivity contribution in [3.05, 3.63) is 124 Å². The first-order valence-corrected chi connectivity index (χ1v) is 12.1. The molecule has 0 aliphatic carbocycles. The van der Waals surface area contributed by atoms with Gasteiger partial charge >= 0.3 is 12.1 Å². The Morgan fingerprint density at radius 1 is 0.846 bits per heavy atom. The standard InChI is InChI=1S/C30H26N2O7/c1-37-29(33)27(31-30(34)39-25-17-15-24(16-18-25)32(35)36)19-21-11-13-23(14-12-21)26-9-5-6-10-28(26)38-20-22-7-3-2-4-8-22/h2-18,27H,19-20H2,1H3,(H,31,34)/t27-/m0/s1. The van der Waals surface area contributed by atoms with Crippen LogP contribution in [-0.4, -0.2) is 30.1 Å². The number of nitrogens with zero attached hydrogens (tertiary/aromatic N) is 1. The molecule has 4 rings (SSSR count). The first kappa shape index (κ1) is 26.9. The highest BCUT2D eigenvalue weighted by molar-refractivity contribution is 5.82. The zero-order valence-electron chi connectivity index (χ0n) is 21.1. The Labute approximate surface area is 225 Å². The van der Waals surface area contributed by atoms with Gasteiger partial charge < -0.3 is 19.5 Å². The molecule has 0 unspecified atom stereocenters. The van der Waals surface area contributed by atoms with E-state index in [1.807, 2.05) is 78.9 Å². The fourth-order valence-corrected chi connectivity index (χ4v) is 3.87. The van der Waals surface area contributed by atoms with E-state index < -0.39 is 23.0 Å². The van der Waals surface area contributed by atoms with Gasteiger partial charge in [-0.1, -0.05) is 72.8 Å². The van der Waals surface area contributed by atoms with Crippen LogP contribution in [0.1, 0.15) is 11.1 Å². The van der Waals surface area contributed by atoms with Crippen LogP contribution in [-0.2, 0) is 22.6 Å². The SMILES string of the molecule is COC(=O)[C@H](Cc1ccc(-c2ccccc2OCc2ccccc2)cc1)NC(=O)Oc1ccc([N+](=O)[O-])cc1. The number of methoxy groups -OCH3 is 1. The smallest absolute Gasteiger partial charge is 0.413 e. The van der Waals surface area contributed by atoms with Crippen molar-refractivity contribution in [3.63, 3.8) is 0 Å². The van der Waals surface area contributed by atoms with Gasteiger partial charge in [0, 0.05) is 24.1 Å². The molecule has 0 aromatic heterocycles. The minimum Gasteiger partial charge on any atom is -0.488 e. The average molecular weight is 527 g/mol. The molecule has 0 heterocycles. The van der Waals surface area contributed by atoms with Gasteiger partial charge in [-0.3, -0.25) is 10.1 Å². The van der Waals surface area contributed by atoms with Crippen molar-refractivity contribution in [3.8, 4) is 22.6 Å². The van der Waals surface area contributed by atoms with E-state index in [1.54, 1.807) is 0 Å². The van der Waals surface area contributed by atoms with Crippen molar-refractivity contribution >= 4 is 17.7 Å². The second-order valence-electron chi connectivity index (χ2n) is 8.53. The molecular formula is C30H26N2O7. The van der Waals surface area contributed by atoms with Crippen LogP contribution in [0.4, 0.5) is 10.5 Å². The van der Waals surface area contributed by atoms with Crippen molar-refractivity contribution in [1.82, 2.24) is 5.32 Å². The molecule has 0 bridgehead atoms. The number of benzene rings is 4. The second kappa shape index (κ2) is 12.9. The molecule has 0 fully saturated rings. The van der Waals surface area contributed by atoms with Crippen molar-refractivity contribution < 1.29 is 28.7 Å². The molecule has 198 valence electrons. The number of rotatable bonds is 10. The van der Waals surface area contributed by atoms with Crippen LogP contribution in [0, 0.1) is 10.1 Å². The topological polar surface area (TPSA) is 117 Å². The number of nitro benzene ring substituents is 1. The number of carbonyl (C=O) groups is 2. The lowest BCUT2D eigenvalue weighted by Gasteiger charge is -2.17. The molecule has 1 amide bonds. The predicted molar refractivity (Wildman–Crippen MR) is 144 cm³/mol. The summed E-state index contributed by atoms with van der Waals surface area (Å²) in [4.78, 5) is 35.0. The Hall–Kier alpha value is -5.18. The summed E-state index contributed by atoms with van der Waals surface area (Å²) in [5.74, 6) is 0.204. The molecule has 0 aliphatic heterocycles. The van der Waals surface area contributed by atoms with Crippen LogP contribution in [0.5, 0.6) is 11.5 Å². The van der Waals surface area contributed by atoms with E-state index in [0.29, 0.717) is 6.61 Å². The summed E-state index contributed by atoms with van der Waals surface area (Å²) >= 11 is 0. The van der Waals surface area contributed by atoms with Crippen molar-refractivity contribution in [1.29, 1.82) is 0 Å². The molecule has 39 heavy (non-hydrogen) atoms. The predicted octanol–water partition coefficient (Wildman–Crippen LogP) is 5.71. The summed E-state index contributed by atoms with van der Waals surface area (Å²) in [6.07, 6.45) is -0.727. The largest absolute Gasteiger partial charge is 0.488 e. The van der Waals surface area contributed by atoms with Gasteiger partial charge in [0.25, 0.3) is 5.69 Å². The highest BCUT2D eigenvalue weighted by Gasteiger charge is 2.23. The summed E-state index contributed by atoms with van der Waals surface area (Å²) in [6, 6.07) is 29.2. The second-order valence-corrected chi connectivity index (χ2v) is 8.53. The fourth-order valence-electron chi connectivity index (χ4n) is 3.87. The lowest BCUT2D eigenvalue weighted by Crippen LogP contribution is -2.44. The van der Waals surface area contributed by atoms with Gasteiger partial charge in [-0.05, 0) is 34.9 Å². The van der Waals surface area contributed by atoms with E-state index in [-0.39, 0.29) is 17.9 Å². The minimum atomic E-state index is -1.01. The molecule has 0 saturated heterocycles. The van der Waals surface area contributed by atoms with Gasteiger partial charge in [0.1, 0.15) is 24.1 Å². The van der Waals surface area contributed by atoms with E-state index >= 15 is 0 Å².